The highest BCUT2D eigenvalue weighted by molar-refractivity contribution is 7.91. The van der Waals surface area contributed by atoms with Gasteiger partial charge in [0.1, 0.15) is 5.82 Å². The smallest absolute Gasteiger partial charge is 0.252 e. The van der Waals surface area contributed by atoms with Crippen molar-refractivity contribution >= 4 is 26.8 Å². The number of rotatable bonds is 5. The average molecular weight is 493 g/mol. The Morgan fingerprint density at radius 3 is 2.49 bits per heavy atom. The highest BCUT2D eigenvalue weighted by Crippen LogP contribution is 2.32. The second kappa shape index (κ2) is 8.88. The summed E-state index contributed by atoms with van der Waals surface area (Å²) in [5.74, 6) is -0.528. The Bertz CT molecular complexity index is 1530. The van der Waals surface area contributed by atoms with E-state index in [4.69, 9.17) is 4.98 Å². The molecule has 1 fully saturated rings. The maximum atomic E-state index is 13.4. The van der Waals surface area contributed by atoms with Gasteiger partial charge in [-0.1, -0.05) is 42.0 Å². The minimum Gasteiger partial charge on any atom is -0.348 e. The fraction of sp³-hybridized carbons (Fsp3) is 0.269. The van der Waals surface area contributed by atoms with Gasteiger partial charge in [-0.25, -0.2) is 22.5 Å². The molecule has 1 unspecified atom stereocenters. The predicted molar refractivity (Wildman–Crippen MR) is 132 cm³/mol. The molecule has 0 spiro atoms. The molecule has 7 nitrogen and oxygen atoms in total. The molecule has 0 saturated carbocycles. The summed E-state index contributed by atoms with van der Waals surface area (Å²) in [5.41, 5.74) is 4.84. The molecule has 1 saturated heterocycles. The topological polar surface area (TPSA) is 94.0 Å². The third-order valence-corrected chi connectivity index (χ3v) is 8.10. The van der Waals surface area contributed by atoms with Crippen molar-refractivity contribution in [1.82, 2.24) is 20.1 Å². The molecule has 1 N–H and O–H groups in total. The lowest BCUT2D eigenvalue weighted by molar-refractivity contribution is 0.0952. The quantitative estimate of drug-likeness (QED) is 0.452. The Hall–Kier alpha value is -3.59. The monoisotopic (exact) mass is 492 g/mol. The number of carbonyl (C=O) groups excluding carboxylic acids is 1. The molecule has 1 atom stereocenters. The van der Waals surface area contributed by atoms with Crippen molar-refractivity contribution in [3.63, 3.8) is 0 Å². The zero-order chi connectivity index (χ0) is 24.7. The van der Waals surface area contributed by atoms with Crippen LogP contribution in [0.25, 0.3) is 22.3 Å². The normalized spacial score (nSPS) is 17.1. The largest absolute Gasteiger partial charge is 0.348 e. The van der Waals surface area contributed by atoms with Gasteiger partial charge in [0.25, 0.3) is 5.91 Å². The van der Waals surface area contributed by atoms with Crippen LogP contribution in [0.1, 0.15) is 39.6 Å². The van der Waals surface area contributed by atoms with E-state index in [0.29, 0.717) is 34.4 Å². The molecule has 0 radical (unpaired) electrons. The van der Waals surface area contributed by atoms with Crippen molar-refractivity contribution in [3.8, 4) is 11.3 Å². The summed E-state index contributed by atoms with van der Waals surface area (Å²) in [6.45, 7) is 4.02. The Morgan fingerprint density at radius 2 is 1.83 bits per heavy atom. The van der Waals surface area contributed by atoms with Crippen LogP contribution in [0.2, 0.25) is 0 Å². The van der Waals surface area contributed by atoms with Gasteiger partial charge in [0.15, 0.2) is 15.5 Å². The van der Waals surface area contributed by atoms with Crippen LogP contribution in [0.3, 0.4) is 0 Å². The molecule has 1 aliphatic rings. The first-order valence-electron chi connectivity index (χ1n) is 11.4. The third kappa shape index (κ3) is 4.68. The molecule has 5 rings (SSSR count). The summed E-state index contributed by atoms with van der Waals surface area (Å²) in [5, 5.41) is 8.14. The zero-order valence-corrected chi connectivity index (χ0v) is 20.3. The molecule has 3 heterocycles. The van der Waals surface area contributed by atoms with E-state index in [-0.39, 0.29) is 35.8 Å². The molecule has 4 aromatic rings. The second-order valence-corrected chi connectivity index (χ2v) is 11.2. The van der Waals surface area contributed by atoms with Crippen molar-refractivity contribution in [3.05, 3.63) is 82.8 Å². The van der Waals surface area contributed by atoms with E-state index in [1.54, 1.807) is 29.8 Å². The first-order valence-corrected chi connectivity index (χ1v) is 13.2. The van der Waals surface area contributed by atoms with Crippen LogP contribution in [-0.4, -0.2) is 40.6 Å². The van der Waals surface area contributed by atoms with Gasteiger partial charge in [0.2, 0.25) is 0 Å². The van der Waals surface area contributed by atoms with E-state index in [9.17, 15) is 17.6 Å². The van der Waals surface area contributed by atoms with Crippen molar-refractivity contribution in [1.29, 1.82) is 0 Å². The number of aromatic nitrogens is 3. The Morgan fingerprint density at radius 1 is 1.11 bits per heavy atom. The van der Waals surface area contributed by atoms with Gasteiger partial charge in [0, 0.05) is 12.1 Å². The summed E-state index contributed by atoms with van der Waals surface area (Å²) >= 11 is 0. The average Bonchev–Trinajstić information content (AvgIpc) is 3.37. The number of halogens is 1. The number of carbonyl (C=O) groups is 1. The number of benzene rings is 2. The summed E-state index contributed by atoms with van der Waals surface area (Å²) in [7, 11) is -3.13. The molecule has 1 aliphatic heterocycles. The minimum atomic E-state index is -3.13. The highest BCUT2D eigenvalue weighted by atomic mass is 32.2. The molecule has 35 heavy (non-hydrogen) atoms. The van der Waals surface area contributed by atoms with Crippen LogP contribution >= 0.6 is 0 Å². The lowest BCUT2D eigenvalue weighted by Gasteiger charge is -2.12. The number of nitrogens with one attached hydrogen (secondary N) is 1. The minimum absolute atomic E-state index is 0.00571. The van der Waals surface area contributed by atoms with E-state index in [1.165, 1.54) is 12.1 Å². The maximum absolute atomic E-state index is 13.4. The lowest BCUT2D eigenvalue weighted by Crippen LogP contribution is -2.23. The van der Waals surface area contributed by atoms with Gasteiger partial charge in [-0.05, 0) is 44.0 Å². The fourth-order valence-electron chi connectivity index (χ4n) is 4.47. The van der Waals surface area contributed by atoms with E-state index < -0.39 is 9.84 Å². The molecular weight excluding hydrogens is 467 g/mol. The molecule has 1 amide bonds. The van der Waals surface area contributed by atoms with Crippen LogP contribution in [0.5, 0.6) is 0 Å². The van der Waals surface area contributed by atoms with Crippen LogP contribution in [0, 0.1) is 19.7 Å². The highest BCUT2D eigenvalue weighted by Gasteiger charge is 2.32. The number of aryl methyl sites for hydroxylation is 2. The van der Waals surface area contributed by atoms with Gasteiger partial charge in [0.05, 0.1) is 39.9 Å². The maximum Gasteiger partial charge on any atom is 0.252 e. The molecule has 2 aromatic heterocycles. The van der Waals surface area contributed by atoms with E-state index in [0.717, 1.165) is 16.7 Å². The number of sulfone groups is 1. The number of pyridine rings is 1. The van der Waals surface area contributed by atoms with Crippen LogP contribution in [0.15, 0.2) is 54.6 Å². The third-order valence-electron chi connectivity index (χ3n) is 6.35. The standard InChI is InChI=1S/C26H25FN4O3S/c1-16-3-7-19(8-4-16)23-13-22(26(32)28-14-18-5-9-20(27)10-6-18)24-17(2)30-31(25(24)29-23)21-11-12-35(33,34)15-21/h3-10,13,21H,11-12,14-15H2,1-2H3,(H,28,32). The molecule has 0 aliphatic carbocycles. The van der Waals surface area contributed by atoms with Crippen molar-refractivity contribution in [2.24, 2.45) is 0 Å². The van der Waals surface area contributed by atoms with Gasteiger partial charge >= 0.3 is 0 Å². The fourth-order valence-corrected chi connectivity index (χ4v) is 6.16. The van der Waals surface area contributed by atoms with Crippen LogP contribution < -0.4 is 5.32 Å². The van der Waals surface area contributed by atoms with Crippen LogP contribution in [0.4, 0.5) is 4.39 Å². The lowest BCUT2D eigenvalue weighted by atomic mass is 10.0. The summed E-state index contributed by atoms with van der Waals surface area (Å²) < 4.78 is 39.2. The number of hydrogen-bond donors (Lipinski definition) is 1. The zero-order valence-electron chi connectivity index (χ0n) is 19.5. The van der Waals surface area contributed by atoms with Gasteiger partial charge in [-0.2, -0.15) is 5.10 Å². The summed E-state index contributed by atoms with van der Waals surface area (Å²) in [6.07, 6.45) is 0.459. The Balaban J connectivity index is 1.60. The first-order chi connectivity index (χ1) is 16.7. The molecule has 2 aromatic carbocycles. The van der Waals surface area contributed by atoms with Crippen molar-refractivity contribution < 1.29 is 17.6 Å². The first kappa shape index (κ1) is 23.2. The number of amides is 1. The summed E-state index contributed by atoms with van der Waals surface area (Å²) in [4.78, 5) is 18.2. The molecule has 180 valence electrons. The van der Waals surface area contributed by atoms with Gasteiger partial charge in [-0.15, -0.1) is 0 Å². The number of fused-ring (bicyclic) bond motifs is 1. The van der Waals surface area contributed by atoms with Gasteiger partial charge < -0.3 is 5.32 Å². The van der Waals surface area contributed by atoms with Crippen LogP contribution in [-0.2, 0) is 16.4 Å². The number of nitrogens with zero attached hydrogens (tertiary/aromatic N) is 3. The molecule has 9 heteroatoms. The van der Waals surface area contributed by atoms with Crippen molar-refractivity contribution in [2.75, 3.05) is 11.5 Å². The Kier molecular flexibility index (Phi) is 5.88. The number of hydrogen-bond acceptors (Lipinski definition) is 5. The second-order valence-electron chi connectivity index (χ2n) is 9.02. The van der Waals surface area contributed by atoms with Gasteiger partial charge in [-0.3, -0.25) is 4.79 Å². The Labute approximate surface area is 202 Å². The predicted octanol–water partition coefficient (Wildman–Crippen LogP) is 4.14. The van der Waals surface area contributed by atoms with Crippen molar-refractivity contribution in [2.45, 2.75) is 32.9 Å². The SMILES string of the molecule is Cc1ccc(-c2cc(C(=O)NCc3ccc(F)cc3)c3c(C)nn(C4CCS(=O)(=O)C4)c3n2)cc1. The summed E-state index contributed by atoms with van der Waals surface area (Å²) in [6, 6.07) is 15.2. The van der Waals surface area contributed by atoms with E-state index in [1.807, 2.05) is 31.2 Å². The van der Waals surface area contributed by atoms with E-state index in [2.05, 4.69) is 10.4 Å². The molecular formula is C26H25FN4O3S. The van der Waals surface area contributed by atoms with E-state index >= 15 is 0 Å². The molecule has 0 bridgehead atoms.